The number of carbonyl (C=O) groups excluding carboxylic acids is 1. The predicted molar refractivity (Wildman–Crippen MR) is 62.7 cm³/mol. The van der Waals surface area contributed by atoms with Gasteiger partial charge in [0.05, 0.1) is 0 Å². The van der Waals surface area contributed by atoms with E-state index < -0.39 is 5.97 Å². The van der Waals surface area contributed by atoms with Crippen LogP contribution in [0.25, 0.3) is 0 Å². The van der Waals surface area contributed by atoms with E-state index in [-0.39, 0.29) is 25.1 Å². The fourth-order valence-corrected chi connectivity index (χ4v) is 1.65. The molecule has 0 aromatic heterocycles. The molecule has 0 unspecified atom stereocenters. The molecule has 1 fully saturated rings. The Morgan fingerprint density at radius 1 is 1.35 bits per heavy atom. The normalized spacial score (nSPS) is 14.6. The molecule has 1 amide bonds. The first-order valence-electron chi connectivity index (χ1n) is 6.24. The zero-order valence-corrected chi connectivity index (χ0v) is 10.4. The third-order valence-corrected chi connectivity index (χ3v) is 2.73. The van der Waals surface area contributed by atoms with Crippen molar-refractivity contribution >= 4 is 11.9 Å². The predicted octanol–water partition coefficient (Wildman–Crippen LogP) is 1.27. The number of carbonyl (C=O) groups is 2. The van der Waals surface area contributed by atoms with Crippen LogP contribution in [0.1, 0.15) is 39.0 Å². The van der Waals surface area contributed by atoms with Crippen LogP contribution in [-0.4, -0.2) is 47.7 Å². The Kier molecular flexibility index (Phi) is 5.97. The molecular weight excluding hydrogens is 222 g/mol. The Morgan fingerprint density at radius 3 is 2.59 bits per heavy atom. The van der Waals surface area contributed by atoms with Gasteiger partial charge >= 0.3 is 5.97 Å². The molecular formula is C12H21NO4. The molecule has 1 aliphatic rings. The van der Waals surface area contributed by atoms with Crippen molar-refractivity contribution < 1.29 is 19.4 Å². The summed E-state index contributed by atoms with van der Waals surface area (Å²) in [5.74, 6) is -1.16. The lowest BCUT2D eigenvalue weighted by molar-refractivity contribution is -0.147. The van der Waals surface area contributed by atoms with Crippen molar-refractivity contribution in [3.05, 3.63) is 0 Å². The number of ether oxygens (including phenoxy) is 1. The zero-order chi connectivity index (χ0) is 12.7. The molecule has 1 rings (SSSR count). The quantitative estimate of drug-likeness (QED) is 0.619. The Labute approximate surface area is 102 Å². The fraction of sp³-hybridized carbons (Fsp3) is 0.833. The van der Waals surface area contributed by atoms with Crippen LogP contribution in [0.5, 0.6) is 0 Å². The first-order chi connectivity index (χ1) is 8.15. The Bertz CT molecular complexity index is 263. The van der Waals surface area contributed by atoms with E-state index in [1.165, 1.54) is 4.90 Å². The molecule has 0 heterocycles. The molecule has 1 saturated carbocycles. The third kappa shape index (κ3) is 5.68. The van der Waals surface area contributed by atoms with Crippen LogP contribution in [-0.2, 0) is 14.3 Å². The van der Waals surface area contributed by atoms with E-state index in [0.29, 0.717) is 6.61 Å². The van der Waals surface area contributed by atoms with E-state index in [4.69, 9.17) is 9.84 Å². The van der Waals surface area contributed by atoms with Crippen molar-refractivity contribution in [2.45, 2.75) is 45.1 Å². The number of amides is 1. The lowest BCUT2D eigenvalue weighted by Gasteiger charge is -2.19. The number of hydrogen-bond acceptors (Lipinski definition) is 3. The van der Waals surface area contributed by atoms with Crippen LogP contribution in [0, 0.1) is 0 Å². The average molecular weight is 243 g/mol. The minimum atomic E-state index is -0.962. The van der Waals surface area contributed by atoms with E-state index in [2.05, 4.69) is 6.92 Å². The van der Waals surface area contributed by atoms with Crippen molar-refractivity contribution in [2.75, 3.05) is 19.8 Å². The molecule has 5 heteroatoms. The highest BCUT2D eigenvalue weighted by molar-refractivity contribution is 5.82. The standard InChI is InChI=1S/C12H21NO4/c1-2-3-4-7-17-9-11(14)13(8-12(15)16)10-5-6-10/h10H,2-9H2,1H3,(H,15,16). The molecule has 17 heavy (non-hydrogen) atoms. The SMILES string of the molecule is CCCCCOCC(=O)N(CC(=O)O)C1CC1. The zero-order valence-electron chi connectivity index (χ0n) is 10.4. The van der Waals surface area contributed by atoms with Crippen LogP contribution in [0.15, 0.2) is 0 Å². The van der Waals surface area contributed by atoms with Gasteiger partial charge < -0.3 is 14.7 Å². The Balaban J connectivity index is 2.20. The summed E-state index contributed by atoms with van der Waals surface area (Å²) in [5.41, 5.74) is 0. The average Bonchev–Trinajstić information content (AvgIpc) is 3.09. The van der Waals surface area contributed by atoms with Gasteiger partial charge in [0.25, 0.3) is 0 Å². The van der Waals surface area contributed by atoms with Crippen LogP contribution in [0.3, 0.4) is 0 Å². The van der Waals surface area contributed by atoms with E-state index in [0.717, 1.165) is 32.1 Å². The number of carboxylic acid groups (broad SMARTS) is 1. The van der Waals surface area contributed by atoms with Gasteiger partial charge in [0.2, 0.25) is 5.91 Å². The third-order valence-electron chi connectivity index (χ3n) is 2.73. The van der Waals surface area contributed by atoms with Crippen molar-refractivity contribution in [1.82, 2.24) is 4.90 Å². The van der Waals surface area contributed by atoms with E-state index >= 15 is 0 Å². The first kappa shape index (κ1) is 14.0. The lowest BCUT2D eigenvalue weighted by Crippen LogP contribution is -2.39. The summed E-state index contributed by atoms with van der Waals surface area (Å²) in [4.78, 5) is 23.8. The molecule has 1 aliphatic carbocycles. The molecule has 0 aromatic rings. The van der Waals surface area contributed by atoms with Crippen molar-refractivity contribution in [2.24, 2.45) is 0 Å². The molecule has 0 saturated heterocycles. The second kappa shape index (κ2) is 7.27. The second-order valence-electron chi connectivity index (χ2n) is 4.41. The van der Waals surface area contributed by atoms with E-state index in [1.54, 1.807) is 0 Å². The summed E-state index contributed by atoms with van der Waals surface area (Å²) in [6.45, 7) is 2.48. The maximum Gasteiger partial charge on any atom is 0.323 e. The molecule has 0 aliphatic heterocycles. The van der Waals surface area contributed by atoms with Crippen molar-refractivity contribution in [1.29, 1.82) is 0 Å². The highest BCUT2D eigenvalue weighted by Gasteiger charge is 2.33. The van der Waals surface area contributed by atoms with Gasteiger partial charge in [-0.3, -0.25) is 9.59 Å². The fourth-order valence-electron chi connectivity index (χ4n) is 1.65. The summed E-state index contributed by atoms with van der Waals surface area (Å²) in [6.07, 6.45) is 4.98. The van der Waals surface area contributed by atoms with Gasteiger partial charge in [0, 0.05) is 12.6 Å². The highest BCUT2D eigenvalue weighted by atomic mass is 16.5. The largest absolute Gasteiger partial charge is 0.480 e. The summed E-state index contributed by atoms with van der Waals surface area (Å²) in [5, 5.41) is 8.72. The Hall–Kier alpha value is -1.10. The molecule has 0 spiro atoms. The van der Waals surface area contributed by atoms with Gasteiger partial charge in [0.15, 0.2) is 0 Å². The van der Waals surface area contributed by atoms with Gasteiger partial charge in [-0.1, -0.05) is 19.8 Å². The lowest BCUT2D eigenvalue weighted by atomic mass is 10.3. The first-order valence-corrected chi connectivity index (χ1v) is 6.24. The molecule has 0 bridgehead atoms. The molecule has 0 radical (unpaired) electrons. The number of carboxylic acids is 1. The molecule has 1 N–H and O–H groups in total. The number of hydrogen-bond donors (Lipinski definition) is 1. The van der Waals surface area contributed by atoms with E-state index in [1.807, 2.05) is 0 Å². The summed E-state index contributed by atoms with van der Waals surface area (Å²) in [6, 6.07) is 0.123. The Morgan fingerprint density at radius 2 is 2.06 bits per heavy atom. The van der Waals surface area contributed by atoms with Crippen LogP contribution in [0.2, 0.25) is 0 Å². The molecule has 5 nitrogen and oxygen atoms in total. The van der Waals surface area contributed by atoms with Crippen LogP contribution in [0.4, 0.5) is 0 Å². The maximum atomic E-state index is 11.7. The second-order valence-corrected chi connectivity index (χ2v) is 4.41. The smallest absolute Gasteiger partial charge is 0.323 e. The number of aliphatic carboxylic acids is 1. The van der Waals surface area contributed by atoms with E-state index in [9.17, 15) is 9.59 Å². The molecule has 98 valence electrons. The molecule has 0 aromatic carbocycles. The summed E-state index contributed by atoms with van der Waals surface area (Å²) < 4.78 is 5.25. The number of rotatable bonds is 9. The van der Waals surface area contributed by atoms with Gasteiger partial charge in [0.1, 0.15) is 13.2 Å². The number of unbranched alkanes of at least 4 members (excludes halogenated alkanes) is 2. The minimum Gasteiger partial charge on any atom is -0.480 e. The van der Waals surface area contributed by atoms with Crippen molar-refractivity contribution in [3.63, 3.8) is 0 Å². The summed E-state index contributed by atoms with van der Waals surface area (Å²) >= 11 is 0. The minimum absolute atomic E-state index is 0.00743. The maximum absolute atomic E-state index is 11.7. The van der Waals surface area contributed by atoms with Crippen LogP contribution < -0.4 is 0 Å². The monoisotopic (exact) mass is 243 g/mol. The highest BCUT2D eigenvalue weighted by Crippen LogP contribution is 2.26. The van der Waals surface area contributed by atoms with Crippen LogP contribution >= 0.6 is 0 Å². The van der Waals surface area contributed by atoms with Gasteiger partial charge in [-0.15, -0.1) is 0 Å². The van der Waals surface area contributed by atoms with Gasteiger partial charge in [-0.25, -0.2) is 0 Å². The topological polar surface area (TPSA) is 66.8 Å². The summed E-state index contributed by atoms with van der Waals surface area (Å²) in [7, 11) is 0. The van der Waals surface area contributed by atoms with Gasteiger partial charge in [-0.2, -0.15) is 0 Å². The molecule has 0 atom stereocenters. The van der Waals surface area contributed by atoms with Gasteiger partial charge in [-0.05, 0) is 19.3 Å². The van der Waals surface area contributed by atoms with Crippen molar-refractivity contribution in [3.8, 4) is 0 Å². The number of nitrogens with zero attached hydrogens (tertiary/aromatic N) is 1.